The molecule has 0 fully saturated rings. The van der Waals surface area contributed by atoms with E-state index in [0.717, 1.165) is 28.6 Å². The monoisotopic (exact) mass is 372 g/mol. The summed E-state index contributed by atoms with van der Waals surface area (Å²) in [5.41, 5.74) is 18.2. The number of ether oxygens (including phenoxy) is 1. The smallest absolute Gasteiger partial charge is 0.394 e. The maximum Gasteiger partial charge on any atom is 0.394 e. The number of fused-ring (bicyclic) bond motifs is 1. The summed E-state index contributed by atoms with van der Waals surface area (Å²) in [6.07, 6.45) is 2.68. The Morgan fingerprint density at radius 1 is 1.28 bits per heavy atom. The Balaban J connectivity index is 0.000000550. The van der Waals surface area contributed by atoms with Gasteiger partial charge in [-0.3, -0.25) is 14.1 Å². The first-order valence-corrected chi connectivity index (χ1v) is 8.23. The molecule has 12 heteroatoms. The molecule has 0 spiro atoms. The summed E-state index contributed by atoms with van der Waals surface area (Å²) in [5, 5.41) is 1.11. The number of benzene rings is 1. The molecular formula is C13H20N6O5S. The second-order valence-electron chi connectivity index (χ2n) is 4.70. The number of rotatable bonds is 4. The van der Waals surface area contributed by atoms with Gasteiger partial charge in [0.15, 0.2) is 5.96 Å². The topological polar surface area (TPSA) is 202 Å². The Kier molecular flexibility index (Phi) is 7.17. The molecule has 0 aliphatic carbocycles. The molecular weight excluding hydrogens is 352 g/mol. The van der Waals surface area contributed by atoms with Crippen molar-refractivity contribution in [2.45, 2.75) is 6.42 Å². The van der Waals surface area contributed by atoms with Crippen molar-refractivity contribution in [3.63, 3.8) is 0 Å². The number of aromatic amines is 1. The number of aliphatic imine (C=N–C) groups is 2. The van der Waals surface area contributed by atoms with Gasteiger partial charge >= 0.3 is 10.4 Å². The lowest BCUT2D eigenvalue weighted by atomic mass is 10.1. The van der Waals surface area contributed by atoms with Crippen molar-refractivity contribution < 1.29 is 22.3 Å². The van der Waals surface area contributed by atoms with Crippen molar-refractivity contribution in [2.24, 2.45) is 27.2 Å². The molecule has 0 aliphatic heterocycles. The van der Waals surface area contributed by atoms with Crippen molar-refractivity contribution in [1.29, 1.82) is 0 Å². The quantitative estimate of drug-likeness (QED) is 0.237. The van der Waals surface area contributed by atoms with Gasteiger partial charge in [0.1, 0.15) is 5.75 Å². The minimum absolute atomic E-state index is 0.0856. The van der Waals surface area contributed by atoms with Gasteiger partial charge in [-0.2, -0.15) is 13.4 Å². The van der Waals surface area contributed by atoms with Crippen molar-refractivity contribution in [3.05, 3.63) is 30.0 Å². The molecule has 0 saturated heterocycles. The lowest BCUT2D eigenvalue weighted by Crippen LogP contribution is -2.26. The Bertz CT molecular complexity index is 862. The molecule has 1 aromatic carbocycles. The van der Waals surface area contributed by atoms with E-state index in [-0.39, 0.29) is 11.9 Å². The molecule has 11 nitrogen and oxygen atoms in total. The third-order valence-electron chi connectivity index (χ3n) is 2.87. The molecule has 0 saturated carbocycles. The van der Waals surface area contributed by atoms with Crippen LogP contribution in [0.4, 0.5) is 0 Å². The Morgan fingerprint density at radius 2 is 1.92 bits per heavy atom. The van der Waals surface area contributed by atoms with Gasteiger partial charge in [0.05, 0.1) is 7.11 Å². The highest BCUT2D eigenvalue weighted by Gasteiger charge is 2.04. The number of guanidine groups is 2. The molecule has 2 aromatic rings. The standard InChI is InChI=1S/C13H18N6O.H2O4S/c1-20-9-2-3-11-10(6-9)8(7-18-11)4-5-17-13(16)19-12(14)15;1-5(2,3)4/h2-3,6-7,18H,4-5H2,1H3,(H6,14,15,16,17,19);(H2,1,2,3,4). The fraction of sp³-hybridized carbons (Fsp3) is 0.231. The zero-order valence-electron chi connectivity index (χ0n) is 13.4. The molecule has 1 heterocycles. The van der Waals surface area contributed by atoms with E-state index in [0.29, 0.717) is 6.54 Å². The van der Waals surface area contributed by atoms with Crippen molar-refractivity contribution in [3.8, 4) is 5.75 Å². The van der Waals surface area contributed by atoms with Crippen LogP contribution in [-0.2, 0) is 16.8 Å². The van der Waals surface area contributed by atoms with Gasteiger partial charge in [-0.1, -0.05) is 0 Å². The fourth-order valence-electron chi connectivity index (χ4n) is 1.95. The van der Waals surface area contributed by atoms with Crippen LogP contribution >= 0.6 is 0 Å². The minimum atomic E-state index is -4.67. The normalized spacial score (nSPS) is 11.6. The SMILES string of the molecule is COc1ccc2[nH]cc(CCN=C(N)N=C(N)N)c2c1.O=S(=O)(O)O. The summed E-state index contributed by atoms with van der Waals surface area (Å²) in [5.74, 6) is 0.812. The zero-order valence-corrected chi connectivity index (χ0v) is 14.2. The van der Waals surface area contributed by atoms with Crippen molar-refractivity contribution in [1.82, 2.24) is 4.98 Å². The van der Waals surface area contributed by atoms with E-state index in [1.807, 2.05) is 24.4 Å². The average molecular weight is 372 g/mol. The Labute approximate surface area is 144 Å². The number of nitrogens with one attached hydrogen (secondary N) is 1. The molecule has 0 unspecified atom stereocenters. The first-order chi connectivity index (χ1) is 11.6. The van der Waals surface area contributed by atoms with E-state index in [1.165, 1.54) is 0 Å². The lowest BCUT2D eigenvalue weighted by molar-refractivity contribution is 0.381. The highest BCUT2D eigenvalue weighted by Crippen LogP contribution is 2.23. The van der Waals surface area contributed by atoms with Crippen LogP contribution < -0.4 is 21.9 Å². The van der Waals surface area contributed by atoms with E-state index in [1.54, 1.807) is 7.11 Å². The second kappa shape index (κ2) is 8.86. The summed E-state index contributed by atoms with van der Waals surface area (Å²) in [6, 6.07) is 5.89. The highest BCUT2D eigenvalue weighted by atomic mass is 32.3. The molecule has 1 aromatic heterocycles. The summed E-state index contributed by atoms with van der Waals surface area (Å²) in [6.45, 7) is 0.507. The van der Waals surface area contributed by atoms with E-state index < -0.39 is 10.4 Å². The number of nitrogens with zero attached hydrogens (tertiary/aromatic N) is 2. The molecule has 2 rings (SSSR count). The van der Waals surface area contributed by atoms with Crippen LogP contribution in [0.2, 0.25) is 0 Å². The van der Waals surface area contributed by atoms with Crippen molar-refractivity contribution >= 4 is 33.2 Å². The fourth-order valence-corrected chi connectivity index (χ4v) is 1.95. The van der Waals surface area contributed by atoms with Gasteiger partial charge in [0.25, 0.3) is 0 Å². The maximum atomic E-state index is 8.74. The molecule has 0 atom stereocenters. The minimum Gasteiger partial charge on any atom is -0.497 e. The molecule has 0 radical (unpaired) electrons. The summed E-state index contributed by atoms with van der Waals surface area (Å²) in [4.78, 5) is 11.0. The van der Waals surface area contributed by atoms with Crippen LogP contribution in [0.15, 0.2) is 34.4 Å². The number of nitrogens with two attached hydrogens (primary N) is 3. The molecule has 25 heavy (non-hydrogen) atoms. The van der Waals surface area contributed by atoms with Crippen LogP contribution in [0.25, 0.3) is 10.9 Å². The number of hydrogen-bond donors (Lipinski definition) is 6. The predicted octanol–water partition coefficient (Wildman–Crippen LogP) is -0.346. The zero-order chi connectivity index (χ0) is 19.0. The number of H-pyrrole nitrogens is 1. The van der Waals surface area contributed by atoms with Gasteiger partial charge in [0, 0.05) is 23.6 Å². The van der Waals surface area contributed by atoms with Crippen LogP contribution in [0, 0.1) is 0 Å². The van der Waals surface area contributed by atoms with E-state index in [4.69, 9.17) is 39.5 Å². The van der Waals surface area contributed by atoms with Gasteiger partial charge in [-0.15, -0.1) is 0 Å². The van der Waals surface area contributed by atoms with Gasteiger partial charge in [0.2, 0.25) is 5.96 Å². The lowest BCUT2D eigenvalue weighted by Gasteiger charge is -2.01. The molecule has 0 aliphatic rings. The number of aromatic nitrogens is 1. The third kappa shape index (κ3) is 8.01. The van der Waals surface area contributed by atoms with Crippen LogP contribution in [0.1, 0.15) is 5.56 Å². The van der Waals surface area contributed by atoms with Gasteiger partial charge < -0.3 is 26.9 Å². The summed E-state index contributed by atoms with van der Waals surface area (Å²) >= 11 is 0. The highest BCUT2D eigenvalue weighted by molar-refractivity contribution is 7.79. The predicted molar refractivity (Wildman–Crippen MR) is 95.0 cm³/mol. The summed E-state index contributed by atoms with van der Waals surface area (Å²) in [7, 11) is -3.02. The Hall–Kier alpha value is -2.83. The van der Waals surface area contributed by atoms with Crippen molar-refractivity contribution in [2.75, 3.05) is 13.7 Å². The van der Waals surface area contributed by atoms with Crippen LogP contribution in [-0.4, -0.2) is 48.1 Å². The Morgan fingerprint density at radius 3 is 2.48 bits per heavy atom. The van der Waals surface area contributed by atoms with Crippen LogP contribution in [0.5, 0.6) is 5.75 Å². The number of methoxy groups -OCH3 is 1. The second-order valence-corrected chi connectivity index (χ2v) is 5.60. The van der Waals surface area contributed by atoms with Gasteiger partial charge in [-0.25, -0.2) is 0 Å². The maximum absolute atomic E-state index is 8.74. The first kappa shape index (κ1) is 20.2. The summed E-state index contributed by atoms with van der Waals surface area (Å²) < 4.78 is 36.8. The first-order valence-electron chi connectivity index (χ1n) is 6.83. The van der Waals surface area contributed by atoms with Gasteiger partial charge in [-0.05, 0) is 30.2 Å². The molecule has 138 valence electrons. The van der Waals surface area contributed by atoms with Crippen LogP contribution in [0.3, 0.4) is 0 Å². The largest absolute Gasteiger partial charge is 0.497 e. The number of hydrogen-bond acceptors (Lipinski definition) is 4. The van der Waals surface area contributed by atoms with E-state index in [2.05, 4.69) is 15.0 Å². The average Bonchev–Trinajstić information content (AvgIpc) is 2.87. The molecule has 0 amide bonds. The van der Waals surface area contributed by atoms with E-state index >= 15 is 0 Å². The molecule has 9 N–H and O–H groups in total. The molecule has 0 bridgehead atoms. The van der Waals surface area contributed by atoms with E-state index in [9.17, 15) is 0 Å². The third-order valence-corrected chi connectivity index (χ3v) is 2.87.